The molecule has 0 spiro atoms. The molecular weight excluding hydrogens is 510 g/mol. The first-order valence-corrected chi connectivity index (χ1v) is 13.2. The Morgan fingerprint density at radius 1 is 0.263 bits per heavy atom. The summed E-state index contributed by atoms with van der Waals surface area (Å²) in [5.41, 5.74) is 5.32. The van der Waals surface area contributed by atoms with E-state index in [1.165, 1.54) is 0 Å². The summed E-state index contributed by atoms with van der Waals surface area (Å²) >= 11 is 0. The molecule has 0 aliphatic rings. The van der Waals surface area contributed by atoms with Crippen molar-refractivity contribution in [1.82, 2.24) is 0 Å². The molecule has 0 aromatic rings. The summed E-state index contributed by atoms with van der Waals surface area (Å²) in [6.45, 7) is 11.7. The first-order valence-electron chi connectivity index (χ1n) is 13.2. The van der Waals surface area contributed by atoms with E-state index in [0.29, 0.717) is 152 Å². The van der Waals surface area contributed by atoms with Gasteiger partial charge in [-0.3, -0.25) is 5.26 Å². The molecule has 0 amide bonds. The molecule has 0 radical (unpaired) electrons. The highest BCUT2D eigenvalue weighted by Gasteiger charge is 1.96. The van der Waals surface area contributed by atoms with Crippen LogP contribution in [-0.2, 0) is 57.0 Å². The zero-order valence-corrected chi connectivity index (χ0v) is 22.9. The van der Waals surface area contributed by atoms with Crippen molar-refractivity contribution in [3.8, 4) is 0 Å². The van der Waals surface area contributed by atoms with Gasteiger partial charge in [-0.25, -0.2) is 4.89 Å². The summed E-state index contributed by atoms with van der Waals surface area (Å²) in [5.74, 6) is 0. The third kappa shape index (κ3) is 35.4. The molecule has 0 unspecified atom stereocenters. The topological polar surface area (TPSA) is 157 Å². The van der Waals surface area contributed by atoms with E-state index in [1.807, 2.05) is 0 Å². The van der Waals surface area contributed by atoms with Crippen LogP contribution in [0.4, 0.5) is 0 Å². The van der Waals surface area contributed by atoms with Crippen molar-refractivity contribution in [2.45, 2.75) is 0 Å². The molecule has 14 nitrogen and oxygen atoms in total. The summed E-state index contributed by atoms with van der Waals surface area (Å²) in [6, 6.07) is 0. The Hall–Kier alpha value is -0.560. The van der Waals surface area contributed by atoms with Crippen LogP contribution < -0.4 is 5.73 Å². The second-order valence-corrected chi connectivity index (χ2v) is 7.36. The summed E-state index contributed by atoms with van der Waals surface area (Å²) in [7, 11) is 0. The fourth-order valence-electron chi connectivity index (χ4n) is 2.48. The first kappa shape index (κ1) is 37.4. The van der Waals surface area contributed by atoms with Gasteiger partial charge in [0.05, 0.1) is 145 Å². The molecular formula is C24H51NO13. The fraction of sp³-hybridized carbons (Fsp3) is 1.00. The van der Waals surface area contributed by atoms with Crippen molar-refractivity contribution in [3.63, 3.8) is 0 Å². The fourth-order valence-corrected chi connectivity index (χ4v) is 2.48. The molecule has 0 bridgehead atoms. The van der Waals surface area contributed by atoms with E-state index >= 15 is 0 Å². The minimum Gasteiger partial charge on any atom is -0.378 e. The van der Waals surface area contributed by atoms with E-state index < -0.39 is 0 Å². The maximum absolute atomic E-state index is 8.12. The SMILES string of the molecule is NCCOCCOCCOCCOCCOCCOCCOCCOCCOCCOCCOCCOO. The summed E-state index contributed by atoms with van der Waals surface area (Å²) < 4.78 is 59.0. The van der Waals surface area contributed by atoms with E-state index in [2.05, 4.69) is 4.89 Å². The minimum atomic E-state index is 0.152. The lowest BCUT2D eigenvalue weighted by atomic mass is 10.6. The highest BCUT2D eigenvalue weighted by Crippen LogP contribution is 1.87. The number of hydrogen-bond acceptors (Lipinski definition) is 14. The summed E-state index contributed by atoms with van der Waals surface area (Å²) in [6.07, 6.45) is 0. The standard InChI is InChI=1S/C24H51NO13/c25-1-2-27-3-4-28-5-6-29-7-8-30-9-10-31-11-12-32-13-14-33-15-16-34-17-18-35-19-20-36-21-22-37-23-24-38-26/h26H,1-25H2. The van der Waals surface area contributed by atoms with Crippen LogP contribution in [0.5, 0.6) is 0 Å². The summed E-state index contributed by atoms with van der Waals surface area (Å²) in [4.78, 5) is 3.89. The lowest BCUT2D eigenvalue weighted by molar-refractivity contribution is -0.249. The molecule has 38 heavy (non-hydrogen) atoms. The number of rotatable bonds is 35. The van der Waals surface area contributed by atoms with Gasteiger partial charge in [0.15, 0.2) is 0 Å². The van der Waals surface area contributed by atoms with Crippen LogP contribution in [0.15, 0.2) is 0 Å². The molecule has 0 aromatic carbocycles. The van der Waals surface area contributed by atoms with E-state index in [4.69, 9.17) is 63.1 Å². The van der Waals surface area contributed by atoms with Crippen molar-refractivity contribution in [2.75, 3.05) is 159 Å². The van der Waals surface area contributed by atoms with Crippen LogP contribution in [0, 0.1) is 0 Å². The van der Waals surface area contributed by atoms with E-state index in [1.54, 1.807) is 0 Å². The highest BCUT2D eigenvalue weighted by molar-refractivity contribution is 4.39. The zero-order chi connectivity index (χ0) is 27.5. The first-order chi connectivity index (χ1) is 18.9. The number of nitrogens with two attached hydrogens (primary N) is 1. The van der Waals surface area contributed by atoms with Crippen LogP contribution in [0.2, 0.25) is 0 Å². The van der Waals surface area contributed by atoms with Crippen molar-refractivity contribution >= 4 is 0 Å². The van der Waals surface area contributed by atoms with Crippen LogP contribution in [-0.4, -0.2) is 164 Å². The van der Waals surface area contributed by atoms with Crippen LogP contribution in [0.25, 0.3) is 0 Å². The highest BCUT2D eigenvalue weighted by atomic mass is 17.1. The third-order valence-corrected chi connectivity index (χ3v) is 4.30. The number of ether oxygens (including phenoxy) is 11. The maximum atomic E-state index is 8.12. The molecule has 3 N–H and O–H groups in total. The minimum absolute atomic E-state index is 0.152. The Balaban J connectivity index is 3.01. The lowest BCUT2D eigenvalue weighted by Gasteiger charge is -2.09. The predicted octanol–water partition coefficient (Wildman–Crippen LogP) is -0.383. The Labute approximate surface area is 227 Å². The van der Waals surface area contributed by atoms with Gasteiger partial charge in [-0.05, 0) is 0 Å². The Bertz CT molecular complexity index is 378. The smallest absolute Gasteiger partial charge is 0.105 e. The van der Waals surface area contributed by atoms with Crippen molar-refractivity contribution in [2.24, 2.45) is 5.73 Å². The summed E-state index contributed by atoms with van der Waals surface area (Å²) in [5, 5.41) is 8.12. The zero-order valence-electron chi connectivity index (χ0n) is 22.9. The lowest BCUT2D eigenvalue weighted by Crippen LogP contribution is -2.15. The molecule has 0 heterocycles. The molecule has 0 fully saturated rings. The molecule has 0 saturated heterocycles. The van der Waals surface area contributed by atoms with Crippen LogP contribution >= 0.6 is 0 Å². The largest absolute Gasteiger partial charge is 0.378 e. The molecule has 14 heteroatoms. The normalized spacial score (nSPS) is 11.5. The van der Waals surface area contributed by atoms with Crippen molar-refractivity contribution in [1.29, 1.82) is 0 Å². The van der Waals surface area contributed by atoms with Gasteiger partial charge in [0.2, 0.25) is 0 Å². The second kappa shape index (κ2) is 36.4. The molecule has 0 aromatic heterocycles. The Kier molecular flexibility index (Phi) is 35.9. The van der Waals surface area contributed by atoms with Crippen molar-refractivity contribution in [3.05, 3.63) is 0 Å². The van der Waals surface area contributed by atoms with Gasteiger partial charge in [0, 0.05) is 6.54 Å². The molecule has 230 valence electrons. The van der Waals surface area contributed by atoms with Gasteiger partial charge in [0.1, 0.15) is 6.61 Å². The van der Waals surface area contributed by atoms with E-state index in [0.717, 1.165) is 0 Å². The molecule has 0 saturated carbocycles. The Morgan fingerprint density at radius 2 is 0.421 bits per heavy atom. The van der Waals surface area contributed by atoms with E-state index in [9.17, 15) is 0 Å². The van der Waals surface area contributed by atoms with Gasteiger partial charge < -0.3 is 57.8 Å². The molecule has 0 aliphatic heterocycles. The van der Waals surface area contributed by atoms with Gasteiger partial charge in [0.25, 0.3) is 0 Å². The van der Waals surface area contributed by atoms with Crippen LogP contribution in [0.1, 0.15) is 0 Å². The maximum Gasteiger partial charge on any atom is 0.105 e. The van der Waals surface area contributed by atoms with Crippen LogP contribution in [0.3, 0.4) is 0 Å². The Morgan fingerprint density at radius 3 is 0.579 bits per heavy atom. The predicted molar refractivity (Wildman–Crippen MR) is 137 cm³/mol. The van der Waals surface area contributed by atoms with Crippen molar-refractivity contribution < 1.29 is 62.3 Å². The van der Waals surface area contributed by atoms with E-state index in [-0.39, 0.29) is 6.61 Å². The van der Waals surface area contributed by atoms with Gasteiger partial charge >= 0.3 is 0 Å². The third-order valence-electron chi connectivity index (χ3n) is 4.30. The number of hydrogen-bond donors (Lipinski definition) is 2. The monoisotopic (exact) mass is 561 g/mol. The van der Waals surface area contributed by atoms with Gasteiger partial charge in [-0.2, -0.15) is 0 Å². The molecule has 0 aliphatic carbocycles. The quantitative estimate of drug-likeness (QED) is 0.0586. The molecule has 0 atom stereocenters. The van der Waals surface area contributed by atoms with Gasteiger partial charge in [-0.15, -0.1) is 0 Å². The average Bonchev–Trinajstić information content (AvgIpc) is 2.93. The second-order valence-electron chi connectivity index (χ2n) is 7.36. The molecule has 0 rings (SSSR count). The van der Waals surface area contributed by atoms with Gasteiger partial charge in [-0.1, -0.05) is 0 Å². The average molecular weight is 562 g/mol.